The molecule has 0 aliphatic heterocycles. The van der Waals surface area contributed by atoms with E-state index >= 15 is 0 Å². The summed E-state index contributed by atoms with van der Waals surface area (Å²) in [5.74, 6) is 0.242. The van der Waals surface area contributed by atoms with Gasteiger partial charge in [0.1, 0.15) is 0 Å². The first-order valence-corrected chi connectivity index (χ1v) is 9.14. The van der Waals surface area contributed by atoms with Crippen LogP contribution in [0.3, 0.4) is 0 Å². The molecule has 1 aliphatic rings. The summed E-state index contributed by atoms with van der Waals surface area (Å²) in [6, 6.07) is 4.88. The van der Waals surface area contributed by atoms with E-state index in [0.717, 1.165) is 25.7 Å². The molecule has 1 aromatic carbocycles. The van der Waals surface area contributed by atoms with Crippen molar-refractivity contribution in [3.63, 3.8) is 0 Å². The van der Waals surface area contributed by atoms with Gasteiger partial charge in [0.15, 0.2) is 0 Å². The van der Waals surface area contributed by atoms with Crippen LogP contribution < -0.4 is 5.73 Å². The molecule has 0 radical (unpaired) electrons. The summed E-state index contributed by atoms with van der Waals surface area (Å²) < 4.78 is 27.2. The number of sulfonamides is 1. The molecule has 0 amide bonds. The topological polar surface area (TPSA) is 63.4 Å². The number of aryl methyl sites for hydroxylation is 1. The second kappa shape index (κ2) is 6.65. The van der Waals surface area contributed by atoms with E-state index in [1.807, 2.05) is 0 Å². The van der Waals surface area contributed by atoms with Crippen molar-refractivity contribution < 1.29 is 8.42 Å². The Kier molecular flexibility index (Phi) is 5.30. The Morgan fingerprint density at radius 3 is 2.62 bits per heavy atom. The minimum absolute atomic E-state index is 0.0103. The van der Waals surface area contributed by atoms with Gasteiger partial charge in [-0.3, -0.25) is 0 Å². The molecule has 1 saturated carbocycles. The highest BCUT2D eigenvalue weighted by atomic mass is 35.5. The van der Waals surface area contributed by atoms with Gasteiger partial charge in [0.25, 0.3) is 0 Å². The maximum Gasteiger partial charge on any atom is 0.243 e. The van der Waals surface area contributed by atoms with Crippen molar-refractivity contribution in [3.05, 3.63) is 28.8 Å². The standard InChI is InChI=1S/C15H23ClN2O2S/c1-11-9-13(16)7-8-15(11)21(19,20)18(2)14-6-4-3-5-12(14)10-17/h7-9,12,14H,3-6,10,17H2,1-2H3. The lowest BCUT2D eigenvalue weighted by Gasteiger charge is -2.36. The van der Waals surface area contributed by atoms with E-state index in [4.69, 9.17) is 17.3 Å². The lowest BCUT2D eigenvalue weighted by molar-refractivity contribution is 0.204. The lowest BCUT2D eigenvalue weighted by Crippen LogP contribution is -2.45. The average Bonchev–Trinajstić information content (AvgIpc) is 2.46. The predicted octanol–water partition coefficient (Wildman–Crippen LogP) is 2.79. The molecule has 2 unspecified atom stereocenters. The van der Waals surface area contributed by atoms with Crippen molar-refractivity contribution in [2.24, 2.45) is 11.7 Å². The predicted molar refractivity (Wildman–Crippen MR) is 85.9 cm³/mol. The Labute approximate surface area is 132 Å². The third kappa shape index (κ3) is 3.42. The summed E-state index contributed by atoms with van der Waals surface area (Å²) in [6.45, 7) is 2.30. The largest absolute Gasteiger partial charge is 0.330 e. The Morgan fingerprint density at radius 1 is 1.33 bits per heavy atom. The van der Waals surface area contributed by atoms with Gasteiger partial charge in [-0.2, -0.15) is 4.31 Å². The van der Waals surface area contributed by atoms with Crippen molar-refractivity contribution in [1.29, 1.82) is 0 Å². The van der Waals surface area contributed by atoms with Crippen LogP contribution in [0.1, 0.15) is 31.2 Å². The Morgan fingerprint density at radius 2 is 2.00 bits per heavy atom. The number of nitrogens with two attached hydrogens (primary N) is 1. The molecule has 1 aliphatic carbocycles. The fraction of sp³-hybridized carbons (Fsp3) is 0.600. The van der Waals surface area contributed by atoms with E-state index in [2.05, 4.69) is 0 Å². The summed E-state index contributed by atoms with van der Waals surface area (Å²) in [6.07, 6.45) is 4.07. The van der Waals surface area contributed by atoms with E-state index in [1.165, 1.54) is 4.31 Å². The summed E-state index contributed by atoms with van der Waals surface area (Å²) in [7, 11) is -1.84. The SMILES string of the molecule is Cc1cc(Cl)ccc1S(=O)(=O)N(C)C1CCCCC1CN. The number of benzene rings is 1. The highest BCUT2D eigenvalue weighted by Crippen LogP contribution is 2.31. The molecule has 118 valence electrons. The van der Waals surface area contributed by atoms with Crippen molar-refractivity contribution in [2.45, 2.75) is 43.5 Å². The minimum atomic E-state index is -3.51. The molecular formula is C15H23ClN2O2S. The summed E-state index contributed by atoms with van der Waals surface area (Å²) >= 11 is 5.92. The first-order valence-electron chi connectivity index (χ1n) is 7.32. The maximum absolute atomic E-state index is 12.9. The van der Waals surface area contributed by atoms with Crippen LogP contribution in [0.2, 0.25) is 5.02 Å². The molecule has 0 bridgehead atoms. The number of hydrogen-bond acceptors (Lipinski definition) is 3. The van der Waals surface area contributed by atoms with Crippen LogP contribution in [0, 0.1) is 12.8 Å². The van der Waals surface area contributed by atoms with Gasteiger partial charge in [-0.1, -0.05) is 24.4 Å². The van der Waals surface area contributed by atoms with Crippen molar-refractivity contribution in [2.75, 3.05) is 13.6 Å². The van der Waals surface area contributed by atoms with Gasteiger partial charge < -0.3 is 5.73 Å². The van der Waals surface area contributed by atoms with Gasteiger partial charge in [0.05, 0.1) is 4.90 Å². The van der Waals surface area contributed by atoms with Gasteiger partial charge >= 0.3 is 0 Å². The van der Waals surface area contributed by atoms with Crippen molar-refractivity contribution >= 4 is 21.6 Å². The number of nitrogens with zero attached hydrogens (tertiary/aromatic N) is 1. The Bertz CT molecular complexity index is 604. The van der Waals surface area contributed by atoms with Crippen LogP contribution in [-0.2, 0) is 10.0 Å². The van der Waals surface area contributed by atoms with E-state index in [-0.39, 0.29) is 12.0 Å². The van der Waals surface area contributed by atoms with Crippen LogP contribution in [0.25, 0.3) is 0 Å². The van der Waals surface area contributed by atoms with Crippen molar-refractivity contribution in [1.82, 2.24) is 4.31 Å². The fourth-order valence-electron chi connectivity index (χ4n) is 3.18. The number of hydrogen-bond donors (Lipinski definition) is 1. The Hall–Kier alpha value is -0.620. The van der Waals surface area contributed by atoms with E-state index in [1.54, 1.807) is 32.2 Å². The average molecular weight is 331 g/mol. The van der Waals surface area contributed by atoms with Crippen molar-refractivity contribution in [3.8, 4) is 0 Å². The minimum Gasteiger partial charge on any atom is -0.330 e. The summed E-state index contributed by atoms with van der Waals surface area (Å²) in [4.78, 5) is 0.329. The zero-order valence-corrected chi connectivity index (χ0v) is 14.1. The number of halogens is 1. The van der Waals surface area contributed by atoms with Gasteiger partial charge in [0, 0.05) is 18.1 Å². The molecule has 2 N–H and O–H groups in total. The molecule has 2 atom stereocenters. The lowest BCUT2D eigenvalue weighted by atomic mass is 9.85. The maximum atomic E-state index is 12.9. The molecule has 1 aromatic rings. The van der Waals surface area contributed by atoms with E-state index < -0.39 is 10.0 Å². The number of rotatable bonds is 4. The van der Waals surface area contributed by atoms with E-state index in [9.17, 15) is 8.42 Å². The smallest absolute Gasteiger partial charge is 0.243 e. The molecule has 1 fully saturated rings. The summed E-state index contributed by atoms with van der Waals surface area (Å²) in [5.41, 5.74) is 6.50. The molecule has 0 spiro atoms. The first kappa shape index (κ1) is 16.7. The third-order valence-corrected chi connectivity index (χ3v) is 6.71. The second-order valence-corrected chi connectivity index (χ2v) is 8.18. The molecule has 2 rings (SSSR count). The van der Waals surface area contributed by atoms with E-state index in [0.29, 0.717) is 22.0 Å². The van der Waals surface area contributed by atoms with Crippen LogP contribution in [0.15, 0.2) is 23.1 Å². The van der Waals surface area contributed by atoms with Gasteiger partial charge in [-0.25, -0.2) is 8.42 Å². The highest BCUT2D eigenvalue weighted by Gasteiger charge is 2.34. The normalized spacial score (nSPS) is 23.5. The molecule has 0 aromatic heterocycles. The molecule has 21 heavy (non-hydrogen) atoms. The Balaban J connectivity index is 2.33. The molecule has 6 heteroatoms. The third-order valence-electron chi connectivity index (χ3n) is 4.43. The molecule has 4 nitrogen and oxygen atoms in total. The van der Waals surface area contributed by atoms with Gasteiger partial charge in [-0.15, -0.1) is 0 Å². The fourth-order valence-corrected chi connectivity index (χ4v) is 5.05. The van der Waals surface area contributed by atoms with Gasteiger partial charge in [0.2, 0.25) is 10.0 Å². The molecular weight excluding hydrogens is 308 g/mol. The first-order chi connectivity index (χ1) is 9.87. The monoisotopic (exact) mass is 330 g/mol. The molecule has 0 saturated heterocycles. The molecule has 0 heterocycles. The zero-order valence-electron chi connectivity index (χ0n) is 12.5. The summed E-state index contributed by atoms with van der Waals surface area (Å²) in [5, 5.41) is 0.548. The van der Waals surface area contributed by atoms with Crippen LogP contribution in [0.4, 0.5) is 0 Å². The quantitative estimate of drug-likeness (QED) is 0.923. The van der Waals surface area contributed by atoms with Crippen LogP contribution >= 0.6 is 11.6 Å². The van der Waals surface area contributed by atoms with Crippen LogP contribution in [-0.4, -0.2) is 32.4 Å². The zero-order chi connectivity index (χ0) is 15.6. The van der Waals surface area contributed by atoms with Crippen LogP contribution in [0.5, 0.6) is 0 Å². The van der Waals surface area contributed by atoms with Gasteiger partial charge in [-0.05, 0) is 56.0 Å². The highest BCUT2D eigenvalue weighted by molar-refractivity contribution is 7.89. The second-order valence-electron chi connectivity index (χ2n) is 5.78.